The average molecular weight is 456 g/mol. The fraction of sp³-hybridized carbons (Fsp3) is 0.111. The number of nitrogens with one attached hydrogen (secondary N) is 1. The Morgan fingerprint density at radius 3 is 2.12 bits per heavy atom. The summed E-state index contributed by atoms with van der Waals surface area (Å²) in [6, 6.07) is 22.9. The molecule has 2 heterocycles. The third-order valence-electron chi connectivity index (χ3n) is 5.72. The number of thiophene rings is 1. The van der Waals surface area contributed by atoms with Gasteiger partial charge in [0.2, 0.25) is 5.91 Å². The van der Waals surface area contributed by atoms with E-state index in [1.807, 2.05) is 85.1 Å². The fourth-order valence-corrected chi connectivity index (χ4v) is 5.04. The summed E-state index contributed by atoms with van der Waals surface area (Å²) in [4.78, 5) is 26.4. The van der Waals surface area contributed by atoms with Gasteiger partial charge in [-0.25, -0.2) is 4.79 Å². The van der Waals surface area contributed by atoms with Crippen LogP contribution in [0, 0.1) is 6.92 Å². The summed E-state index contributed by atoms with van der Waals surface area (Å²) in [6.07, 6.45) is 0. The number of fused-ring (bicyclic) bond motifs is 2. The maximum atomic E-state index is 13.6. The normalized spacial score (nSPS) is 12.3. The van der Waals surface area contributed by atoms with Gasteiger partial charge in [-0.3, -0.25) is 4.79 Å². The molecule has 6 heteroatoms. The van der Waals surface area contributed by atoms with Crippen LogP contribution in [0.1, 0.15) is 33.0 Å². The first-order chi connectivity index (χ1) is 16.1. The number of rotatable bonds is 4. The number of anilines is 1. The number of benzene rings is 3. The van der Waals surface area contributed by atoms with Crippen LogP contribution >= 0.6 is 11.3 Å². The third kappa shape index (κ3) is 3.79. The molecule has 5 nitrogen and oxygen atoms in total. The quantitative estimate of drug-likeness (QED) is 0.362. The molecule has 5 rings (SSSR count). The lowest BCUT2D eigenvalue weighted by molar-refractivity contribution is -0.116. The third-order valence-corrected chi connectivity index (χ3v) is 6.62. The molecule has 164 valence electrons. The number of amides is 1. The van der Waals surface area contributed by atoms with Crippen LogP contribution in [0.15, 0.2) is 78.2 Å². The number of para-hydroxylation sites is 2. The highest BCUT2D eigenvalue weighted by Gasteiger charge is 2.33. The molecule has 1 amide bonds. The van der Waals surface area contributed by atoms with E-state index in [9.17, 15) is 9.59 Å². The standard InChI is InChI=1S/C27H21NO4S/c1-16-11-13-17(14-12-16)20-15-33-26(24(20)27(30)31-2)28-25(29)23-18-7-3-5-9-21(18)32-22-10-6-4-8-19(22)23/h3-15,23H,1-2H3,(H,28,29). The Balaban J connectivity index is 1.55. The molecule has 0 aliphatic carbocycles. The Morgan fingerprint density at radius 2 is 1.52 bits per heavy atom. The molecule has 0 saturated heterocycles. The van der Waals surface area contributed by atoms with Gasteiger partial charge < -0.3 is 14.8 Å². The summed E-state index contributed by atoms with van der Waals surface area (Å²) in [5.74, 6) is 0.00395. The lowest BCUT2D eigenvalue weighted by Gasteiger charge is -2.27. The average Bonchev–Trinajstić information content (AvgIpc) is 3.25. The van der Waals surface area contributed by atoms with Gasteiger partial charge in [-0.15, -0.1) is 11.3 Å². The van der Waals surface area contributed by atoms with Gasteiger partial charge in [0.05, 0.1) is 13.0 Å². The SMILES string of the molecule is COC(=O)c1c(-c2ccc(C)cc2)csc1NC(=O)C1c2ccccc2Oc2ccccc21. The molecule has 1 aromatic heterocycles. The number of hydrogen-bond donors (Lipinski definition) is 1. The Morgan fingerprint density at radius 1 is 0.909 bits per heavy atom. The van der Waals surface area contributed by atoms with Gasteiger partial charge in [0, 0.05) is 22.1 Å². The number of hydrogen-bond acceptors (Lipinski definition) is 5. The molecule has 0 bridgehead atoms. The zero-order valence-electron chi connectivity index (χ0n) is 18.1. The van der Waals surface area contributed by atoms with E-state index < -0.39 is 11.9 Å². The minimum Gasteiger partial charge on any atom is -0.465 e. The summed E-state index contributed by atoms with van der Waals surface area (Å²) < 4.78 is 11.1. The number of carbonyl (C=O) groups is 2. The second-order valence-electron chi connectivity index (χ2n) is 7.81. The molecule has 1 aliphatic heterocycles. The molecule has 0 radical (unpaired) electrons. The van der Waals surface area contributed by atoms with Gasteiger partial charge in [0.25, 0.3) is 0 Å². The highest BCUT2D eigenvalue weighted by atomic mass is 32.1. The molecule has 0 spiro atoms. The van der Waals surface area contributed by atoms with Gasteiger partial charge in [-0.05, 0) is 24.6 Å². The predicted octanol–water partition coefficient (Wildman–Crippen LogP) is 6.39. The van der Waals surface area contributed by atoms with E-state index in [1.54, 1.807) is 0 Å². The monoisotopic (exact) mass is 455 g/mol. The lowest BCUT2D eigenvalue weighted by Crippen LogP contribution is -2.25. The smallest absolute Gasteiger partial charge is 0.341 e. The minimum absolute atomic E-state index is 0.236. The van der Waals surface area contributed by atoms with E-state index in [4.69, 9.17) is 9.47 Å². The molecule has 0 unspecified atom stereocenters. The van der Waals surface area contributed by atoms with Crippen molar-refractivity contribution in [3.8, 4) is 22.6 Å². The van der Waals surface area contributed by atoms with Crippen LogP contribution in [0.4, 0.5) is 5.00 Å². The van der Waals surface area contributed by atoms with Crippen molar-refractivity contribution in [2.45, 2.75) is 12.8 Å². The molecule has 4 aromatic rings. The number of carbonyl (C=O) groups excluding carboxylic acids is 2. The fourth-order valence-electron chi connectivity index (χ4n) is 4.08. The first kappa shape index (κ1) is 21.0. The van der Waals surface area contributed by atoms with E-state index >= 15 is 0 Å². The van der Waals surface area contributed by atoms with Crippen LogP contribution in [0.2, 0.25) is 0 Å². The Labute approximate surface area is 195 Å². The molecule has 0 atom stereocenters. The molecule has 1 N–H and O–H groups in total. The van der Waals surface area contributed by atoms with Crippen molar-refractivity contribution in [1.82, 2.24) is 0 Å². The predicted molar refractivity (Wildman–Crippen MR) is 129 cm³/mol. The van der Waals surface area contributed by atoms with Crippen molar-refractivity contribution in [3.05, 3.63) is 100 Å². The highest BCUT2D eigenvalue weighted by Crippen LogP contribution is 2.45. The molecular formula is C27H21NO4S. The van der Waals surface area contributed by atoms with Gasteiger partial charge in [0.15, 0.2) is 0 Å². The summed E-state index contributed by atoms with van der Waals surface area (Å²) in [7, 11) is 1.34. The van der Waals surface area contributed by atoms with E-state index in [1.165, 1.54) is 18.4 Å². The number of aryl methyl sites for hydroxylation is 1. The van der Waals surface area contributed by atoms with Crippen LogP contribution in [0.5, 0.6) is 11.5 Å². The van der Waals surface area contributed by atoms with Crippen LogP contribution < -0.4 is 10.1 Å². The van der Waals surface area contributed by atoms with Crippen molar-refractivity contribution >= 4 is 28.2 Å². The molecular weight excluding hydrogens is 434 g/mol. The number of methoxy groups -OCH3 is 1. The van der Waals surface area contributed by atoms with Crippen molar-refractivity contribution < 1.29 is 19.1 Å². The first-order valence-electron chi connectivity index (χ1n) is 10.5. The van der Waals surface area contributed by atoms with E-state index in [-0.39, 0.29) is 5.91 Å². The van der Waals surface area contributed by atoms with Crippen LogP contribution in [0.3, 0.4) is 0 Å². The maximum Gasteiger partial charge on any atom is 0.341 e. The summed E-state index contributed by atoms with van der Waals surface area (Å²) >= 11 is 1.31. The second-order valence-corrected chi connectivity index (χ2v) is 8.69. The van der Waals surface area contributed by atoms with Gasteiger partial charge in [-0.2, -0.15) is 0 Å². The molecule has 1 aliphatic rings. The summed E-state index contributed by atoms with van der Waals surface area (Å²) in [6.45, 7) is 2.01. The maximum absolute atomic E-state index is 13.6. The largest absolute Gasteiger partial charge is 0.465 e. The Hall–Kier alpha value is -3.90. The van der Waals surface area contributed by atoms with E-state index in [0.717, 1.165) is 27.8 Å². The van der Waals surface area contributed by atoms with Crippen LogP contribution in [0.25, 0.3) is 11.1 Å². The topological polar surface area (TPSA) is 64.6 Å². The molecule has 3 aromatic carbocycles. The molecule has 0 saturated carbocycles. The van der Waals surface area contributed by atoms with Crippen LogP contribution in [-0.4, -0.2) is 19.0 Å². The minimum atomic E-state index is -0.568. The second kappa shape index (κ2) is 8.56. The van der Waals surface area contributed by atoms with Crippen molar-refractivity contribution in [2.24, 2.45) is 0 Å². The van der Waals surface area contributed by atoms with Crippen LogP contribution in [-0.2, 0) is 9.53 Å². The molecule has 33 heavy (non-hydrogen) atoms. The number of ether oxygens (including phenoxy) is 2. The summed E-state index contributed by atoms with van der Waals surface area (Å²) in [5, 5.41) is 5.34. The summed E-state index contributed by atoms with van der Waals surface area (Å²) in [5.41, 5.74) is 4.66. The lowest BCUT2D eigenvalue weighted by atomic mass is 9.87. The first-order valence-corrected chi connectivity index (χ1v) is 11.4. The zero-order valence-corrected chi connectivity index (χ0v) is 18.9. The van der Waals surface area contributed by atoms with E-state index in [2.05, 4.69) is 5.32 Å². The Bertz CT molecular complexity index is 1310. The zero-order chi connectivity index (χ0) is 22.9. The number of esters is 1. The van der Waals surface area contributed by atoms with Crippen molar-refractivity contribution in [1.29, 1.82) is 0 Å². The van der Waals surface area contributed by atoms with E-state index in [0.29, 0.717) is 22.1 Å². The highest BCUT2D eigenvalue weighted by molar-refractivity contribution is 7.15. The van der Waals surface area contributed by atoms with Gasteiger partial charge >= 0.3 is 5.97 Å². The Kier molecular flexibility index (Phi) is 5.44. The van der Waals surface area contributed by atoms with Crippen molar-refractivity contribution in [2.75, 3.05) is 12.4 Å². The molecule has 0 fully saturated rings. The van der Waals surface area contributed by atoms with Gasteiger partial charge in [0.1, 0.15) is 22.1 Å². The van der Waals surface area contributed by atoms with Gasteiger partial charge in [-0.1, -0.05) is 66.2 Å². The van der Waals surface area contributed by atoms with Crippen molar-refractivity contribution in [3.63, 3.8) is 0 Å².